The summed E-state index contributed by atoms with van der Waals surface area (Å²) in [6.07, 6.45) is 1.03. The predicted molar refractivity (Wildman–Crippen MR) is 127 cm³/mol. The van der Waals surface area contributed by atoms with Gasteiger partial charge in [-0.1, -0.05) is 12.1 Å². The molecule has 0 spiro atoms. The summed E-state index contributed by atoms with van der Waals surface area (Å²) in [6, 6.07) is 11.8. The zero-order valence-corrected chi connectivity index (χ0v) is 19.3. The second-order valence-corrected chi connectivity index (χ2v) is 8.75. The van der Waals surface area contributed by atoms with Crippen LogP contribution in [0.15, 0.2) is 48.7 Å². The molecule has 1 aromatic carbocycles. The standard InChI is InChI=1S/C25H26FN5O3/c1-29(2)18-13-30(14-19(18)32)21-8-5-9-22(28-21)31-12-16-15(25(31)33)10-11-27-24(16)23-17(26)6-4-7-20(23)34-3/h4-11,18-19,32H,12-14H2,1-3H3. The lowest BCUT2D eigenvalue weighted by atomic mass is 10.0. The number of aromatic nitrogens is 2. The minimum Gasteiger partial charge on any atom is -0.496 e. The predicted octanol–water partition coefficient (Wildman–Crippen LogP) is 2.56. The molecule has 176 valence electrons. The van der Waals surface area contributed by atoms with Gasteiger partial charge in [-0.25, -0.2) is 9.37 Å². The van der Waals surface area contributed by atoms with Crippen LogP contribution >= 0.6 is 0 Å². The van der Waals surface area contributed by atoms with Crippen LogP contribution in [0.5, 0.6) is 5.75 Å². The van der Waals surface area contributed by atoms with Crippen molar-refractivity contribution < 1.29 is 19.0 Å². The first-order valence-electron chi connectivity index (χ1n) is 11.1. The smallest absolute Gasteiger partial charge is 0.260 e. The van der Waals surface area contributed by atoms with E-state index in [1.165, 1.54) is 19.4 Å². The van der Waals surface area contributed by atoms with E-state index in [9.17, 15) is 14.3 Å². The van der Waals surface area contributed by atoms with Crippen molar-refractivity contribution in [1.29, 1.82) is 0 Å². The van der Waals surface area contributed by atoms with E-state index in [2.05, 4.69) is 4.98 Å². The molecular weight excluding hydrogens is 437 g/mol. The molecule has 0 aliphatic carbocycles. The normalized spacial score (nSPS) is 19.8. The third-order valence-electron chi connectivity index (χ3n) is 6.52. The van der Waals surface area contributed by atoms with Gasteiger partial charge in [0.15, 0.2) is 0 Å². The Morgan fingerprint density at radius 3 is 2.62 bits per heavy atom. The molecule has 4 heterocycles. The summed E-state index contributed by atoms with van der Waals surface area (Å²) in [5, 5.41) is 10.4. The highest BCUT2D eigenvalue weighted by atomic mass is 19.1. The molecule has 8 nitrogen and oxygen atoms in total. The van der Waals surface area contributed by atoms with Crippen LogP contribution in [-0.2, 0) is 6.54 Å². The first kappa shape index (κ1) is 22.2. The fourth-order valence-corrected chi connectivity index (χ4v) is 4.74. The van der Waals surface area contributed by atoms with Crippen molar-refractivity contribution in [3.05, 3.63) is 65.6 Å². The van der Waals surface area contributed by atoms with E-state index in [1.807, 2.05) is 36.0 Å². The van der Waals surface area contributed by atoms with E-state index in [1.54, 1.807) is 29.2 Å². The van der Waals surface area contributed by atoms with Crippen molar-refractivity contribution in [1.82, 2.24) is 14.9 Å². The highest BCUT2D eigenvalue weighted by Gasteiger charge is 2.36. The van der Waals surface area contributed by atoms with E-state index in [0.717, 1.165) is 0 Å². The van der Waals surface area contributed by atoms with Crippen LogP contribution in [0.4, 0.5) is 16.0 Å². The van der Waals surface area contributed by atoms with E-state index < -0.39 is 11.9 Å². The van der Waals surface area contributed by atoms with Crippen LogP contribution in [0.25, 0.3) is 11.3 Å². The number of benzene rings is 1. The van der Waals surface area contributed by atoms with Crippen molar-refractivity contribution in [2.24, 2.45) is 0 Å². The summed E-state index contributed by atoms with van der Waals surface area (Å²) in [7, 11) is 5.36. The van der Waals surface area contributed by atoms with Gasteiger partial charge >= 0.3 is 0 Å². The molecule has 0 radical (unpaired) electrons. The van der Waals surface area contributed by atoms with Gasteiger partial charge in [0.2, 0.25) is 0 Å². The maximum absolute atomic E-state index is 14.8. The maximum atomic E-state index is 14.8. The van der Waals surface area contributed by atoms with E-state index in [-0.39, 0.29) is 24.1 Å². The molecule has 2 aromatic heterocycles. The number of carbonyl (C=O) groups excluding carboxylic acids is 1. The monoisotopic (exact) mass is 463 g/mol. The van der Waals surface area contributed by atoms with Crippen molar-refractivity contribution in [2.45, 2.75) is 18.7 Å². The minimum absolute atomic E-state index is 0.00695. The molecule has 0 saturated carbocycles. The lowest BCUT2D eigenvalue weighted by Crippen LogP contribution is -2.38. The Balaban J connectivity index is 1.48. The molecule has 2 aliphatic rings. The number of amides is 1. The number of methoxy groups -OCH3 is 1. The number of β-amino-alcohol motifs (C(OH)–C–C–N with tert-alkyl or cyclic N) is 1. The first-order valence-corrected chi connectivity index (χ1v) is 11.1. The molecule has 3 aromatic rings. The summed E-state index contributed by atoms with van der Waals surface area (Å²) >= 11 is 0. The maximum Gasteiger partial charge on any atom is 0.260 e. The van der Waals surface area contributed by atoms with Gasteiger partial charge in [0.25, 0.3) is 5.91 Å². The number of halogens is 1. The summed E-state index contributed by atoms with van der Waals surface area (Å²) in [5.74, 6) is 0.863. The molecule has 5 rings (SSSR count). The highest BCUT2D eigenvalue weighted by molar-refractivity contribution is 6.10. The molecule has 2 unspecified atom stereocenters. The molecule has 34 heavy (non-hydrogen) atoms. The third-order valence-corrected chi connectivity index (χ3v) is 6.52. The quantitative estimate of drug-likeness (QED) is 0.623. The Bertz CT molecular complexity index is 1250. The van der Waals surface area contributed by atoms with Gasteiger partial charge in [0.1, 0.15) is 23.2 Å². The Labute approximate surface area is 197 Å². The van der Waals surface area contributed by atoms with Crippen molar-refractivity contribution in [2.75, 3.05) is 44.1 Å². The number of ether oxygens (including phenoxy) is 1. The van der Waals surface area contributed by atoms with Crippen LogP contribution in [0.1, 0.15) is 15.9 Å². The molecular formula is C25H26FN5O3. The molecule has 2 atom stereocenters. The number of hydrogen-bond donors (Lipinski definition) is 1. The lowest BCUT2D eigenvalue weighted by molar-refractivity contribution is 0.0995. The van der Waals surface area contributed by atoms with Gasteiger partial charge in [0.05, 0.1) is 37.1 Å². The Hall–Kier alpha value is -3.56. The van der Waals surface area contributed by atoms with E-state index >= 15 is 0 Å². The number of carbonyl (C=O) groups is 1. The Kier molecular flexibility index (Phi) is 5.66. The summed E-state index contributed by atoms with van der Waals surface area (Å²) in [6.45, 7) is 1.32. The molecule has 9 heteroatoms. The van der Waals surface area contributed by atoms with Crippen LogP contribution < -0.4 is 14.5 Å². The second-order valence-electron chi connectivity index (χ2n) is 8.75. The molecule has 1 N–H and O–H groups in total. The number of likely N-dealkylation sites (N-methyl/N-ethyl adjacent to an activating group) is 1. The van der Waals surface area contributed by atoms with Crippen LogP contribution in [0.3, 0.4) is 0 Å². The number of pyridine rings is 2. The largest absolute Gasteiger partial charge is 0.496 e. The number of fused-ring (bicyclic) bond motifs is 1. The zero-order chi connectivity index (χ0) is 24.0. The van der Waals surface area contributed by atoms with Crippen molar-refractivity contribution in [3.63, 3.8) is 0 Å². The number of hydrogen-bond acceptors (Lipinski definition) is 7. The Morgan fingerprint density at radius 2 is 1.88 bits per heavy atom. The van der Waals surface area contributed by atoms with E-state index in [4.69, 9.17) is 9.72 Å². The van der Waals surface area contributed by atoms with Crippen molar-refractivity contribution >= 4 is 17.5 Å². The van der Waals surface area contributed by atoms with Gasteiger partial charge in [-0.15, -0.1) is 0 Å². The molecule has 2 aliphatic heterocycles. The average molecular weight is 464 g/mol. The average Bonchev–Trinajstić information content (AvgIpc) is 3.39. The number of aliphatic hydroxyl groups excluding tert-OH is 1. The van der Waals surface area contributed by atoms with Gasteiger partial charge in [-0.05, 0) is 44.4 Å². The third kappa shape index (κ3) is 3.66. The fraction of sp³-hybridized carbons (Fsp3) is 0.320. The second kappa shape index (κ2) is 8.66. The van der Waals surface area contributed by atoms with Crippen LogP contribution in [0, 0.1) is 5.82 Å². The SMILES string of the molecule is COc1cccc(F)c1-c1nccc2c1CN(c1cccc(N3CC(O)C(N(C)C)C3)n1)C2=O. The lowest BCUT2D eigenvalue weighted by Gasteiger charge is -2.22. The molecule has 1 amide bonds. The summed E-state index contributed by atoms with van der Waals surface area (Å²) in [5.41, 5.74) is 1.72. The van der Waals surface area contributed by atoms with Gasteiger partial charge in [-0.2, -0.15) is 0 Å². The number of nitrogens with zero attached hydrogens (tertiary/aromatic N) is 5. The minimum atomic E-state index is -0.484. The summed E-state index contributed by atoms with van der Waals surface area (Å²) in [4.78, 5) is 28.0. The number of aliphatic hydroxyl groups is 1. The van der Waals surface area contributed by atoms with Gasteiger partial charge in [-0.3, -0.25) is 14.7 Å². The number of rotatable bonds is 5. The fourth-order valence-electron chi connectivity index (χ4n) is 4.74. The molecule has 1 fully saturated rings. The van der Waals surface area contributed by atoms with Gasteiger partial charge in [0, 0.05) is 30.4 Å². The van der Waals surface area contributed by atoms with Crippen LogP contribution in [0.2, 0.25) is 0 Å². The molecule has 1 saturated heterocycles. The topological polar surface area (TPSA) is 82.0 Å². The number of anilines is 2. The first-order chi connectivity index (χ1) is 16.4. The van der Waals surface area contributed by atoms with Gasteiger partial charge < -0.3 is 19.6 Å². The molecule has 0 bridgehead atoms. The highest BCUT2D eigenvalue weighted by Crippen LogP contribution is 2.38. The summed E-state index contributed by atoms with van der Waals surface area (Å²) < 4.78 is 20.2. The zero-order valence-electron chi connectivity index (χ0n) is 19.3. The van der Waals surface area contributed by atoms with Crippen molar-refractivity contribution in [3.8, 4) is 17.0 Å². The van der Waals surface area contributed by atoms with E-state index in [0.29, 0.717) is 47.3 Å². The van der Waals surface area contributed by atoms with Crippen LogP contribution in [-0.4, -0.2) is 72.3 Å². The Morgan fingerprint density at radius 1 is 1.12 bits per heavy atom.